The van der Waals surface area contributed by atoms with Gasteiger partial charge in [-0.2, -0.15) is 0 Å². The summed E-state index contributed by atoms with van der Waals surface area (Å²) in [6, 6.07) is 27.8. The fraction of sp³-hybridized carbons (Fsp3) is 0.107. The first-order chi connectivity index (χ1) is 15.4. The molecule has 4 heteroatoms. The van der Waals surface area contributed by atoms with Crippen LogP contribution in [0.3, 0.4) is 0 Å². The maximum atomic E-state index is 14.6. The second-order valence-electron chi connectivity index (χ2n) is 8.24. The normalized spacial score (nSPS) is 14.4. The van der Waals surface area contributed by atoms with Crippen LogP contribution in [0.2, 0.25) is 0 Å². The molecule has 4 aromatic rings. The van der Waals surface area contributed by atoms with Crippen LogP contribution < -0.4 is 4.90 Å². The van der Waals surface area contributed by atoms with Crippen molar-refractivity contribution in [2.24, 2.45) is 0 Å². The van der Waals surface area contributed by atoms with E-state index in [0.717, 1.165) is 39.2 Å². The summed E-state index contributed by atoms with van der Waals surface area (Å²) < 4.78 is 0. The van der Waals surface area contributed by atoms with Crippen molar-refractivity contribution in [1.82, 2.24) is 0 Å². The van der Waals surface area contributed by atoms with Crippen LogP contribution in [0.15, 0.2) is 91.0 Å². The number of amides is 1. The Kier molecular flexibility index (Phi) is 4.52. The molecule has 0 radical (unpaired) electrons. The number of benzene rings is 4. The Hall–Kier alpha value is -4.05. The number of carbonyl (C=O) groups is 1. The predicted octanol–water partition coefficient (Wildman–Crippen LogP) is 5.73. The summed E-state index contributed by atoms with van der Waals surface area (Å²) in [4.78, 5) is 16.3. The minimum absolute atomic E-state index is 0.0903. The highest BCUT2D eigenvalue weighted by atomic mass is 16.3. The lowest BCUT2D eigenvalue weighted by molar-refractivity contribution is -0.120. The second-order valence-corrected chi connectivity index (χ2v) is 8.24. The minimum atomic E-state index is -1.12. The number of anilines is 2. The molecule has 0 aliphatic carbocycles. The lowest BCUT2D eigenvalue weighted by atomic mass is 9.67. The molecule has 0 atom stereocenters. The molecule has 32 heavy (non-hydrogen) atoms. The fourth-order valence-corrected chi connectivity index (χ4v) is 5.01. The number of fused-ring (bicyclic) bond motifs is 1. The zero-order valence-corrected chi connectivity index (χ0v) is 17.9. The molecule has 1 aliphatic rings. The van der Waals surface area contributed by atoms with Gasteiger partial charge in [0.05, 0.1) is 5.69 Å². The van der Waals surface area contributed by atoms with Crippen molar-refractivity contribution in [1.29, 1.82) is 0 Å². The van der Waals surface area contributed by atoms with Crippen molar-refractivity contribution in [2.45, 2.75) is 19.3 Å². The first-order valence-electron chi connectivity index (χ1n) is 10.5. The Bertz CT molecular complexity index is 1290. The summed E-state index contributed by atoms with van der Waals surface area (Å²) in [6.45, 7) is 3.82. The lowest BCUT2D eigenvalue weighted by Gasteiger charge is -2.33. The van der Waals surface area contributed by atoms with Crippen molar-refractivity contribution in [2.75, 3.05) is 4.90 Å². The summed E-state index contributed by atoms with van der Waals surface area (Å²) in [5.41, 5.74) is 4.60. The average molecular weight is 421 g/mol. The molecule has 1 heterocycles. The summed E-state index contributed by atoms with van der Waals surface area (Å²) in [7, 11) is 0. The number of para-hydroxylation sites is 2. The van der Waals surface area contributed by atoms with Gasteiger partial charge in [0.15, 0.2) is 0 Å². The number of phenols is 2. The van der Waals surface area contributed by atoms with Crippen molar-refractivity contribution < 1.29 is 15.0 Å². The Morgan fingerprint density at radius 1 is 0.656 bits per heavy atom. The fourth-order valence-electron chi connectivity index (χ4n) is 5.01. The molecule has 0 spiro atoms. The molecule has 2 N–H and O–H groups in total. The van der Waals surface area contributed by atoms with Gasteiger partial charge in [-0.15, -0.1) is 0 Å². The number of hydrogen-bond acceptors (Lipinski definition) is 3. The zero-order valence-electron chi connectivity index (χ0n) is 17.9. The van der Waals surface area contributed by atoms with E-state index in [1.807, 2.05) is 80.6 Å². The van der Waals surface area contributed by atoms with E-state index in [2.05, 4.69) is 0 Å². The Morgan fingerprint density at radius 3 is 1.75 bits per heavy atom. The summed E-state index contributed by atoms with van der Waals surface area (Å²) in [5.74, 6) is 0.220. The Balaban J connectivity index is 1.92. The molecule has 0 aromatic heterocycles. The van der Waals surface area contributed by atoms with E-state index in [1.165, 1.54) is 0 Å². The van der Waals surface area contributed by atoms with Crippen LogP contribution in [0.4, 0.5) is 11.4 Å². The molecule has 5 rings (SSSR count). The van der Waals surface area contributed by atoms with Crippen LogP contribution in [0.1, 0.15) is 27.8 Å². The quantitative estimate of drug-likeness (QED) is 0.444. The highest BCUT2D eigenvalue weighted by molar-refractivity contribution is 6.17. The SMILES string of the molecule is Cc1cc(O)ccc1C1(c2ccc(O)cc2C)C(=O)N(c2ccccc2)c2ccccc21. The van der Waals surface area contributed by atoms with E-state index in [-0.39, 0.29) is 17.4 Å². The largest absolute Gasteiger partial charge is 0.508 e. The van der Waals surface area contributed by atoms with Gasteiger partial charge in [0.2, 0.25) is 0 Å². The molecule has 1 aliphatic heterocycles. The second kappa shape index (κ2) is 7.27. The molecular formula is C28H23NO3. The van der Waals surface area contributed by atoms with E-state index < -0.39 is 5.41 Å². The number of rotatable bonds is 3. The van der Waals surface area contributed by atoms with Crippen LogP contribution in [-0.4, -0.2) is 16.1 Å². The average Bonchev–Trinajstić information content (AvgIpc) is 3.03. The van der Waals surface area contributed by atoms with E-state index in [4.69, 9.17) is 0 Å². The van der Waals surface area contributed by atoms with Gasteiger partial charge in [-0.25, -0.2) is 0 Å². The minimum Gasteiger partial charge on any atom is -0.508 e. The van der Waals surface area contributed by atoms with E-state index >= 15 is 0 Å². The van der Waals surface area contributed by atoms with E-state index in [0.29, 0.717) is 0 Å². The summed E-state index contributed by atoms with van der Waals surface area (Å²) in [5, 5.41) is 20.2. The number of aryl methyl sites for hydroxylation is 2. The Labute approximate surface area is 187 Å². The first-order valence-corrected chi connectivity index (χ1v) is 10.5. The van der Waals surface area contributed by atoms with Crippen molar-refractivity contribution in [3.05, 3.63) is 119 Å². The third-order valence-corrected chi connectivity index (χ3v) is 6.32. The molecule has 1 amide bonds. The van der Waals surface area contributed by atoms with Gasteiger partial charge in [0.25, 0.3) is 5.91 Å². The number of nitrogens with zero attached hydrogens (tertiary/aromatic N) is 1. The maximum Gasteiger partial charge on any atom is 0.251 e. The number of carbonyl (C=O) groups excluding carboxylic acids is 1. The number of aromatic hydroxyl groups is 2. The molecule has 0 saturated carbocycles. The molecule has 158 valence electrons. The third-order valence-electron chi connectivity index (χ3n) is 6.32. The standard InChI is InChI=1S/C28H23NO3/c1-18-16-21(30)12-14-23(18)28(24-15-13-22(31)17-19(24)2)25-10-6-7-11-26(25)29(27(28)32)20-8-4-3-5-9-20/h3-17,30-31H,1-2H3. The van der Waals surface area contributed by atoms with Gasteiger partial charge < -0.3 is 10.2 Å². The smallest absolute Gasteiger partial charge is 0.251 e. The Morgan fingerprint density at radius 2 is 1.19 bits per heavy atom. The predicted molar refractivity (Wildman–Crippen MR) is 126 cm³/mol. The summed E-state index contributed by atoms with van der Waals surface area (Å²) in [6.07, 6.45) is 0. The summed E-state index contributed by atoms with van der Waals surface area (Å²) >= 11 is 0. The highest BCUT2D eigenvalue weighted by Crippen LogP contribution is 2.54. The third kappa shape index (κ3) is 2.73. The highest BCUT2D eigenvalue weighted by Gasteiger charge is 2.54. The van der Waals surface area contributed by atoms with Crippen molar-refractivity contribution in [3.8, 4) is 11.5 Å². The van der Waals surface area contributed by atoms with Crippen LogP contribution >= 0.6 is 0 Å². The van der Waals surface area contributed by atoms with Crippen LogP contribution in [0.25, 0.3) is 0 Å². The van der Waals surface area contributed by atoms with Crippen LogP contribution in [0, 0.1) is 13.8 Å². The molecule has 0 bridgehead atoms. The molecule has 0 saturated heterocycles. The first kappa shape index (κ1) is 19.9. The number of phenolic OH excluding ortho intramolecular Hbond substituents is 2. The zero-order chi connectivity index (χ0) is 22.5. The topological polar surface area (TPSA) is 60.8 Å². The monoisotopic (exact) mass is 421 g/mol. The van der Waals surface area contributed by atoms with E-state index in [1.54, 1.807) is 29.2 Å². The lowest BCUT2D eigenvalue weighted by Crippen LogP contribution is -2.41. The van der Waals surface area contributed by atoms with Crippen molar-refractivity contribution >= 4 is 17.3 Å². The van der Waals surface area contributed by atoms with Gasteiger partial charge in [0, 0.05) is 11.3 Å². The maximum absolute atomic E-state index is 14.6. The van der Waals surface area contributed by atoms with Gasteiger partial charge >= 0.3 is 0 Å². The van der Waals surface area contributed by atoms with Gasteiger partial charge in [-0.05, 0) is 78.6 Å². The molecule has 0 unspecified atom stereocenters. The van der Waals surface area contributed by atoms with Crippen LogP contribution in [-0.2, 0) is 10.2 Å². The molecule has 4 nitrogen and oxygen atoms in total. The van der Waals surface area contributed by atoms with Crippen molar-refractivity contribution in [3.63, 3.8) is 0 Å². The van der Waals surface area contributed by atoms with Crippen LogP contribution in [0.5, 0.6) is 11.5 Å². The van der Waals surface area contributed by atoms with Gasteiger partial charge in [-0.3, -0.25) is 9.69 Å². The molecular weight excluding hydrogens is 398 g/mol. The number of hydrogen-bond donors (Lipinski definition) is 2. The molecule has 0 fully saturated rings. The molecule has 4 aromatic carbocycles. The van der Waals surface area contributed by atoms with Gasteiger partial charge in [0.1, 0.15) is 16.9 Å². The van der Waals surface area contributed by atoms with E-state index in [9.17, 15) is 15.0 Å². The van der Waals surface area contributed by atoms with Gasteiger partial charge in [-0.1, -0.05) is 48.5 Å².